The monoisotopic (exact) mass is 282 g/mol. The quantitative estimate of drug-likeness (QED) is 0.681. The van der Waals surface area contributed by atoms with Crippen molar-refractivity contribution >= 4 is 0 Å². The van der Waals surface area contributed by atoms with E-state index in [0.717, 1.165) is 0 Å². The molecule has 0 amide bonds. The molecule has 0 unspecified atom stereocenters. The molecular formula is C14H11NY-2. The number of aryl methyl sites for hydroxylation is 1. The van der Waals surface area contributed by atoms with Gasteiger partial charge in [0.15, 0.2) is 0 Å². The second kappa shape index (κ2) is 9.27. The van der Waals surface area contributed by atoms with Crippen LogP contribution in [0.2, 0.25) is 0 Å². The van der Waals surface area contributed by atoms with Crippen LogP contribution in [0.25, 0.3) is 0 Å². The van der Waals surface area contributed by atoms with Crippen molar-refractivity contribution in [3.63, 3.8) is 0 Å². The molecule has 0 spiro atoms. The summed E-state index contributed by atoms with van der Waals surface area (Å²) in [5.41, 5.74) is 1.79. The van der Waals surface area contributed by atoms with Gasteiger partial charge in [-0.15, -0.1) is 30.3 Å². The maximum atomic E-state index is 8.26. The molecule has 0 atom stereocenters. The number of nitriles is 1. The Hall–Kier alpha value is -0.966. The minimum absolute atomic E-state index is 0. The van der Waals surface area contributed by atoms with Gasteiger partial charge in [-0.05, 0) is 6.07 Å². The fourth-order valence-corrected chi connectivity index (χ4v) is 0.946. The standard InChI is InChI=1S/C7H4N.C7H7.Y/c8-6-7-4-2-1-3-5-7;1-7-5-3-2-4-6-7;/h1-4H;2-5H,1H3;/q2*-1;. The van der Waals surface area contributed by atoms with E-state index >= 15 is 0 Å². The molecule has 0 N–H and O–H groups in total. The average molecular weight is 282 g/mol. The van der Waals surface area contributed by atoms with E-state index in [-0.39, 0.29) is 32.7 Å². The summed E-state index contributed by atoms with van der Waals surface area (Å²) >= 11 is 0. The number of benzene rings is 2. The summed E-state index contributed by atoms with van der Waals surface area (Å²) in [6, 6.07) is 22.8. The summed E-state index contributed by atoms with van der Waals surface area (Å²) in [4.78, 5) is 0. The van der Waals surface area contributed by atoms with Gasteiger partial charge in [0.1, 0.15) is 0 Å². The third-order valence-corrected chi connectivity index (χ3v) is 1.69. The molecule has 0 fully saturated rings. The van der Waals surface area contributed by atoms with Gasteiger partial charge < -0.3 is 0 Å². The van der Waals surface area contributed by atoms with Crippen molar-refractivity contribution in [2.75, 3.05) is 0 Å². The van der Waals surface area contributed by atoms with E-state index in [1.165, 1.54) is 5.56 Å². The fourth-order valence-electron chi connectivity index (χ4n) is 0.946. The topological polar surface area (TPSA) is 23.8 Å². The summed E-state index contributed by atoms with van der Waals surface area (Å²) in [7, 11) is 0. The van der Waals surface area contributed by atoms with Crippen molar-refractivity contribution in [3.8, 4) is 6.07 Å². The first-order valence-electron chi connectivity index (χ1n) is 4.63. The minimum Gasteiger partial charge on any atom is -0.262 e. The molecule has 0 saturated heterocycles. The van der Waals surface area contributed by atoms with Gasteiger partial charge in [-0.25, -0.2) is 0 Å². The Morgan fingerprint density at radius 1 is 1.00 bits per heavy atom. The van der Waals surface area contributed by atoms with E-state index in [2.05, 4.69) is 12.1 Å². The summed E-state index contributed by atoms with van der Waals surface area (Å²) in [6.45, 7) is 2.03. The van der Waals surface area contributed by atoms with Gasteiger partial charge in [0.25, 0.3) is 0 Å². The zero-order valence-corrected chi connectivity index (χ0v) is 12.0. The molecule has 2 rings (SSSR count). The van der Waals surface area contributed by atoms with E-state index in [4.69, 9.17) is 5.26 Å². The van der Waals surface area contributed by atoms with E-state index in [1.54, 1.807) is 12.1 Å². The van der Waals surface area contributed by atoms with Gasteiger partial charge in [0, 0.05) is 32.7 Å². The van der Waals surface area contributed by atoms with Crippen LogP contribution in [-0.2, 0) is 32.7 Å². The molecule has 0 aliphatic carbocycles. The predicted octanol–water partition coefficient (Wildman–Crippen LogP) is 3.15. The molecule has 1 radical (unpaired) electrons. The molecule has 2 heteroatoms. The number of hydrogen-bond acceptors (Lipinski definition) is 1. The van der Waals surface area contributed by atoms with Crippen molar-refractivity contribution in [1.29, 1.82) is 5.26 Å². The fraction of sp³-hybridized carbons (Fsp3) is 0.0714. The maximum absolute atomic E-state index is 8.26. The Kier molecular flexibility index (Phi) is 8.71. The maximum Gasteiger partial charge on any atom is 0 e. The second-order valence-electron chi connectivity index (χ2n) is 2.93. The van der Waals surface area contributed by atoms with Gasteiger partial charge in [-0.2, -0.15) is 35.9 Å². The van der Waals surface area contributed by atoms with Crippen LogP contribution in [0.1, 0.15) is 11.1 Å². The van der Waals surface area contributed by atoms with Crippen LogP contribution in [0.5, 0.6) is 0 Å². The Morgan fingerprint density at radius 3 is 1.88 bits per heavy atom. The first-order chi connectivity index (χ1) is 7.33. The third-order valence-electron chi connectivity index (χ3n) is 1.69. The molecule has 16 heavy (non-hydrogen) atoms. The van der Waals surface area contributed by atoms with Gasteiger partial charge >= 0.3 is 0 Å². The molecule has 0 aliphatic heterocycles. The molecular weight excluding hydrogens is 271 g/mol. The van der Waals surface area contributed by atoms with E-state index in [9.17, 15) is 0 Å². The Morgan fingerprint density at radius 2 is 1.62 bits per heavy atom. The summed E-state index contributed by atoms with van der Waals surface area (Å²) < 4.78 is 0. The first kappa shape index (κ1) is 15.0. The van der Waals surface area contributed by atoms with E-state index in [1.807, 2.05) is 49.4 Å². The minimum atomic E-state index is 0. The summed E-state index contributed by atoms with van der Waals surface area (Å²) in [5.74, 6) is 0. The summed E-state index contributed by atoms with van der Waals surface area (Å²) in [6.07, 6.45) is 0. The smallest absolute Gasteiger partial charge is 0 e. The molecule has 2 aromatic carbocycles. The molecule has 2 aromatic rings. The first-order valence-corrected chi connectivity index (χ1v) is 4.63. The van der Waals surface area contributed by atoms with Crippen LogP contribution in [-0.4, -0.2) is 0 Å². The molecule has 0 heterocycles. The van der Waals surface area contributed by atoms with Crippen molar-refractivity contribution in [2.45, 2.75) is 6.92 Å². The number of nitrogens with zero attached hydrogens (tertiary/aromatic N) is 1. The average Bonchev–Trinajstić information content (AvgIpc) is 2.32. The van der Waals surface area contributed by atoms with E-state index in [0.29, 0.717) is 5.56 Å². The normalized spacial score (nSPS) is 7.75. The van der Waals surface area contributed by atoms with Gasteiger partial charge in [0.2, 0.25) is 0 Å². The second-order valence-corrected chi connectivity index (χ2v) is 2.93. The van der Waals surface area contributed by atoms with Crippen molar-refractivity contribution in [1.82, 2.24) is 0 Å². The van der Waals surface area contributed by atoms with Crippen LogP contribution in [0.3, 0.4) is 0 Å². The molecule has 0 aliphatic rings. The van der Waals surface area contributed by atoms with Gasteiger partial charge in [-0.1, -0.05) is 12.5 Å². The molecule has 0 saturated carbocycles. The van der Waals surface area contributed by atoms with Crippen LogP contribution in [0.15, 0.2) is 48.5 Å². The van der Waals surface area contributed by atoms with Gasteiger partial charge in [0.05, 0.1) is 0 Å². The Labute approximate surface area is 122 Å². The third kappa shape index (κ3) is 6.51. The predicted molar refractivity (Wildman–Crippen MR) is 60.0 cm³/mol. The van der Waals surface area contributed by atoms with Crippen LogP contribution in [0.4, 0.5) is 0 Å². The largest absolute Gasteiger partial charge is 0.262 e. The number of rotatable bonds is 0. The molecule has 0 bridgehead atoms. The van der Waals surface area contributed by atoms with Gasteiger partial charge in [-0.3, -0.25) is 5.26 Å². The molecule has 77 valence electrons. The Balaban J connectivity index is 0.000000267. The van der Waals surface area contributed by atoms with Crippen LogP contribution in [0, 0.1) is 30.4 Å². The molecule has 0 aromatic heterocycles. The SMILES string of the molecule is Cc1[c-]cccc1.N#Cc1[c-]cccc1.[Y]. The summed E-state index contributed by atoms with van der Waals surface area (Å²) in [5, 5.41) is 8.26. The van der Waals surface area contributed by atoms with E-state index < -0.39 is 0 Å². The Bertz CT molecular complexity index is 417. The number of hydrogen-bond donors (Lipinski definition) is 0. The van der Waals surface area contributed by atoms with Crippen LogP contribution >= 0.6 is 0 Å². The molecule has 1 nitrogen and oxygen atoms in total. The zero-order chi connectivity index (χ0) is 10.9. The zero-order valence-electron chi connectivity index (χ0n) is 9.14. The van der Waals surface area contributed by atoms with Crippen LogP contribution < -0.4 is 0 Å². The van der Waals surface area contributed by atoms with Crippen molar-refractivity contribution in [2.24, 2.45) is 0 Å². The van der Waals surface area contributed by atoms with Crippen molar-refractivity contribution in [3.05, 3.63) is 71.8 Å². The van der Waals surface area contributed by atoms with Crippen molar-refractivity contribution < 1.29 is 32.7 Å².